The number of ether oxygens (including phenoxy) is 3. The Hall–Kier alpha value is -1.50. The normalized spacial score (nSPS) is 13.6. The summed E-state index contributed by atoms with van der Waals surface area (Å²) in [5.41, 5.74) is 0. The molecule has 0 spiro atoms. The van der Waals surface area contributed by atoms with Crippen molar-refractivity contribution in [2.24, 2.45) is 0 Å². The minimum Gasteiger partial charge on any atom is -0.546 e. The second-order valence-electron chi connectivity index (χ2n) is 2.53. The molecule has 15 heavy (non-hydrogen) atoms. The van der Waals surface area contributed by atoms with Gasteiger partial charge in [0.15, 0.2) is 0 Å². The molecule has 1 rings (SSSR count). The van der Waals surface area contributed by atoms with Gasteiger partial charge in [-0.2, -0.15) is 0 Å². The van der Waals surface area contributed by atoms with E-state index >= 15 is 0 Å². The molecule has 0 aromatic rings. The summed E-state index contributed by atoms with van der Waals surface area (Å²) in [7, 11) is 0. The van der Waals surface area contributed by atoms with Crippen LogP contribution in [0, 0.1) is 0 Å². The largest absolute Gasteiger partial charge is 0.546 e. The average molecular weight is 221 g/mol. The summed E-state index contributed by atoms with van der Waals surface area (Å²) in [6, 6.07) is 0. The molecular weight excluding hydrogens is 208 g/mol. The molecule has 1 heterocycles. The zero-order valence-electron chi connectivity index (χ0n) is 8.14. The molecule has 1 aliphatic rings. The van der Waals surface area contributed by atoms with Crippen molar-refractivity contribution in [2.75, 3.05) is 26.4 Å². The third kappa shape index (κ3) is 12.5. The van der Waals surface area contributed by atoms with Gasteiger partial charge in [0.1, 0.15) is 6.61 Å². The molecule has 0 aromatic carbocycles. The van der Waals surface area contributed by atoms with E-state index in [1.54, 1.807) is 0 Å². The Morgan fingerprint density at radius 2 is 1.73 bits per heavy atom. The Morgan fingerprint density at radius 1 is 1.20 bits per heavy atom. The molecule has 0 radical (unpaired) electrons. The zero-order valence-corrected chi connectivity index (χ0v) is 8.14. The molecule has 0 aromatic heterocycles. The molecule has 0 amide bonds. The molecule has 7 nitrogen and oxygen atoms in total. The first kappa shape index (κ1) is 13.5. The SMILES string of the molecule is C1CCOC1.O=C([O-])OCCOC(=O)O. The quantitative estimate of drug-likeness (QED) is 0.521. The first-order chi connectivity index (χ1) is 7.13. The molecule has 1 N–H and O–H groups in total. The first-order valence-corrected chi connectivity index (χ1v) is 4.40. The summed E-state index contributed by atoms with van der Waals surface area (Å²) in [4.78, 5) is 19.1. The number of rotatable bonds is 3. The van der Waals surface area contributed by atoms with E-state index in [0.717, 1.165) is 13.2 Å². The predicted octanol–water partition coefficient (Wildman–Crippen LogP) is -0.162. The summed E-state index contributed by atoms with van der Waals surface area (Å²) in [6.45, 7) is 1.35. The van der Waals surface area contributed by atoms with Crippen LogP contribution in [0.1, 0.15) is 12.8 Å². The Balaban J connectivity index is 0.000000322. The van der Waals surface area contributed by atoms with Crippen molar-refractivity contribution >= 4 is 12.3 Å². The topological polar surface area (TPSA) is 105 Å². The van der Waals surface area contributed by atoms with Gasteiger partial charge in [-0.15, -0.1) is 0 Å². The van der Waals surface area contributed by atoms with E-state index in [-0.39, 0.29) is 13.2 Å². The van der Waals surface area contributed by atoms with Crippen LogP contribution >= 0.6 is 0 Å². The molecule has 0 unspecified atom stereocenters. The second kappa shape index (κ2) is 9.07. The Morgan fingerprint density at radius 3 is 2.07 bits per heavy atom. The Labute approximate surface area is 86.5 Å². The molecule has 1 aliphatic heterocycles. The maximum Gasteiger partial charge on any atom is 0.505 e. The van der Waals surface area contributed by atoms with E-state index in [1.807, 2.05) is 0 Å². The van der Waals surface area contributed by atoms with Gasteiger partial charge in [0.25, 0.3) is 6.16 Å². The Bertz CT molecular complexity index is 164. The minimum absolute atomic E-state index is 0.316. The van der Waals surface area contributed by atoms with E-state index < -0.39 is 12.3 Å². The number of carbonyl (C=O) groups is 2. The molecule has 0 bridgehead atoms. The highest BCUT2D eigenvalue weighted by Gasteiger charge is 1.94. The summed E-state index contributed by atoms with van der Waals surface area (Å²) >= 11 is 0. The van der Waals surface area contributed by atoms with Crippen molar-refractivity contribution in [1.82, 2.24) is 0 Å². The van der Waals surface area contributed by atoms with Gasteiger partial charge >= 0.3 is 6.16 Å². The highest BCUT2D eigenvalue weighted by molar-refractivity contribution is 5.56. The van der Waals surface area contributed by atoms with Crippen molar-refractivity contribution in [2.45, 2.75) is 12.8 Å². The van der Waals surface area contributed by atoms with Crippen LogP contribution in [0.2, 0.25) is 0 Å². The highest BCUT2D eigenvalue weighted by atomic mass is 16.7. The molecular formula is C8H13O7-. The molecule has 0 saturated carbocycles. The van der Waals surface area contributed by atoms with Gasteiger partial charge in [0.05, 0.1) is 6.61 Å². The Kier molecular flexibility index (Phi) is 8.16. The van der Waals surface area contributed by atoms with Crippen molar-refractivity contribution in [3.05, 3.63) is 0 Å². The zero-order chi connectivity index (χ0) is 11.5. The van der Waals surface area contributed by atoms with Gasteiger partial charge < -0.3 is 29.2 Å². The lowest BCUT2D eigenvalue weighted by Crippen LogP contribution is -2.25. The maximum atomic E-state index is 9.60. The van der Waals surface area contributed by atoms with Crippen LogP contribution in [0.25, 0.3) is 0 Å². The van der Waals surface area contributed by atoms with Crippen LogP contribution in [0.15, 0.2) is 0 Å². The molecule has 7 heteroatoms. The molecule has 0 atom stereocenters. The van der Waals surface area contributed by atoms with Crippen LogP contribution in [0.4, 0.5) is 9.59 Å². The lowest BCUT2D eigenvalue weighted by atomic mass is 10.4. The third-order valence-electron chi connectivity index (χ3n) is 1.36. The van der Waals surface area contributed by atoms with Crippen LogP contribution < -0.4 is 5.11 Å². The maximum absolute atomic E-state index is 9.60. The number of hydrogen-bond donors (Lipinski definition) is 1. The van der Waals surface area contributed by atoms with E-state index in [4.69, 9.17) is 9.84 Å². The van der Waals surface area contributed by atoms with Crippen LogP contribution in [-0.2, 0) is 14.2 Å². The fourth-order valence-electron chi connectivity index (χ4n) is 0.764. The second-order valence-corrected chi connectivity index (χ2v) is 2.53. The molecule has 0 aliphatic carbocycles. The number of carboxylic acid groups (broad SMARTS) is 2. The monoisotopic (exact) mass is 221 g/mol. The average Bonchev–Trinajstić information content (AvgIpc) is 2.69. The summed E-state index contributed by atoms with van der Waals surface area (Å²) < 4.78 is 12.6. The van der Waals surface area contributed by atoms with Gasteiger partial charge in [0.2, 0.25) is 0 Å². The fourth-order valence-corrected chi connectivity index (χ4v) is 0.764. The smallest absolute Gasteiger partial charge is 0.505 e. The van der Waals surface area contributed by atoms with Gasteiger partial charge in [-0.1, -0.05) is 0 Å². The summed E-state index contributed by atoms with van der Waals surface area (Å²) in [6.07, 6.45) is -0.615. The van der Waals surface area contributed by atoms with Gasteiger partial charge in [-0.3, -0.25) is 0 Å². The van der Waals surface area contributed by atoms with Crippen LogP contribution in [0.3, 0.4) is 0 Å². The van der Waals surface area contributed by atoms with E-state index in [1.165, 1.54) is 12.8 Å². The van der Waals surface area contributed by atoms with Crippen molar-refractivity contribution < 1.29 is 34.0 Å². The van der Waals surface area contributed by atoms with Crippen molar-refractivity contribution in [3.63, 3.8) is 0 Å². The van der Waals surface area contributed by atoms with E-state index in [9.17, 15) is 14.7 Å². The van der Waals surface area contributed by atoms with E-state index in [0.29, 0.717) is 0 Å². The minimum atomic E-state index is -1.70. The predicted molar refractivity (Wildman–Crippen MR) is 45.4 cm³/mol. The van der Waals surface area contributed by atoms with Crippen LogP contribution in [0.5, 0.6) is 0 Å². The lowest BCUT2D eigenvalue weighted by Gasteiger charge is -2.05. The molecule has 1 saturated heterocycles. The van der Waals surface area contributed by atoms with Crippen molar-refractivity contribution in [1.29, 1.82) is 0 Å². The van der Waals surface area contributed by atoms with Crippen LogP contribution in [-0.4, -0.2) is 43.8 Å². The summed E-state index contributed by atoms with van der Waals surface area (Å²) in [5, 5.41) is 17.3. The van der Waals surface area contributed by atoms with Gasteiger partial charge in [-0.25, -0.2) is 4.79 Å². The standard InChI is InChI=1S/C4H6O6.C4H8O/c5-3(6)9-1-2-10-4(7)8;1-2-4-5-3-1/h1-2H2,(H,5,6)(H,7,8);1-4H2/p-1. The first-order valence-electron chi connectivity index (χ1n) is 4.40. The molecule has 88 valence electrons. The van der Waals surface area contributed by atoms with E-state index in [2.05, 4.69) is 9.47 Å². The highest BCUT2D eigenvalue weighted by Crippen LogP contribution is 1.98. The number of carbonyl (C=O) groups excluding carboxylic acids is 1. The van der Waals surface area contributed by atoms with Gasteiger partial charge in [0, 0.05) is 13.2 Å². The van der Waals surface area contributed by atoms with Gasteiger partial charge in [-0.05, 0) is 12.8 Å². The summed E-state index contributed by atoms with van der Waals surface area (Å²) in [5.74, 6) is 0. The third-order valence-corrected chi connectivity index (χ3v) is 1.36. The fraction of sp³-hybridized carbons (Fsp3) is 0.750. The van der Waals surface area contributed by atoms with Crippen molar-refractivity contribution in [3.8, 4) is 0 Å². The number of hydrogen-bond acceptors (Lipinski definition) is 6. The molecule has 1 fully saturated rings. The lowest BCUT2D eigenvalue weighted by molar-refractivity contribution is -0.283.